The number of nitrogens with zero attached hydrogens (tertiary/aromatic N) is 1. The number of hydrogen-bond donors (Lipinski definition) is 2. The zero-order valence-corrected chi connectivity index (χ0v) is 19.9. The molecule has 0 fully saturated rings. The Hall–Kier alpha value is -2.10. The van der Waals surface area contributed by atoms with Crippen LogP contribution in [0.4, 0.5) is 0 Å². The van der Waals surface area contributed by atoms with Crippen molar-refractivity contribution in [2.24, 2.45) is 4.99 Å². The van der Waals surface area contributed by atoms with Crippen LogP contribution < -0.4 is 24.8 Å². The fourth-order valence-corrected chi connectivity index (χ4v) is 2.71. The predicted molar refractivity (Wildman–Crippen MR) is 126 cm³/mol. The summed E-state index contributed by atoms with van der Waals surface area (Å²) in [7, 11) is 4.81. The van der Waals surface area contributed by atoms with Gasteiger partial charge >= 0.3 is 0 Å². The van der Waals surface area contributed by atoms with Crippen LogP contribution in [0, 0.1) is 0 Å². The first-order chi connectivity index (χ1) is 13.7. The van der Waals surface area contributed by atoms with Gasteiger partial charge in [-0.05, 0) is 36.2 Å². The van der Waals surface area contributed by atoms with Crippen molar-refractivity contribution in [3.8, 4) is 17.2 Å². The summed E-state index contributed by atoms with van der Waals surface area (Å²) in [5, 5.41) is 6.73. The van der Waals surface area contributed by atoms with E-state index in [1.807, 2.05) is 24.3 Å². The van der Waals surface area contributed by atoms with E-state index in [0.717, 1.165) is 49.6 Å². The van der Waals surface area contributed by atoms with Crippen LogP contribution in [0.3, 0.4) is 0 Å². The van der Waals surface area contributed by atoms with Crippen molar-refractivity contribution in [3.05, 3.63) is 41.9 Å². The smallest absolute Gasteiger partial charge is 0.203 e. The number of ether oxygens (including phenoxy) is 3. The van der Waals surface area contributed by atoms with Gasteiger partial charge in [-0.3, -0.25) is 0 Å². The first-order valence-electron chi connectivity index (χ1n) is 9.55. The summed E-state index contributed by atoms with van der Waals surface area (Å²) in [6.45, 7) is 4.26. The van der Waals surface area contributed by atoms with Crippen molar-refractivity contribution in [2.75, 3.05) is 34.4 Å². The maximum absolute atomic E-state index is 5.42. The third kappa shape index (κ3) is 8.04. The minimum atomic E-state index is 0. The molecule has 8 heteroatoms. The third-order valence-electron chi connectivity index (χ3n) is 4.21. The highest BCUT2D eigenvalue weighted by molar-refractivity contribution is 14.0. The number of guanidine groups is 1. The normalized spacial score (nSPS) is 10.8. The molecule has 1 heterocycles. The maximum atomic E-state index is 5.42. The largest absolute Gasteiger partial charge is 0.493 e. The Kier molecular flexibility index (Phi) is 12.0. The van der Waals surface area contributed by atoms with E-state index in [1.165, 1.54) is 0 Å². The average Bonchev–Trinajstić information content (AvgIpc) is 3.24. The first kappa shape index (κ1) is 24.9. The molecule has 0 amide bonds. The van der Waals surface area contributed by atoms with Gasteiger partial charge in [-0.2, -0.15) is 0 Å². The Balaban J connectivity index is 0.00000420. The van der Waals surface area contributed by atoms with Crippen molar-refractivity contribution in [1.29, 1.82) is 0 Å². The number of benzene rings is 1. The second-order valence-electron chi connectivity index (χ2n) is 6.23. The lowest BCUT2D eigenvalue weighted by molar-refractivity contribution is 0.324. The summed E-state index contributed by atoms with van der Waals surface area (Å²) in [6.07, 6.45) is 4.70. The molecule has 29 heavy (non-hydrogen) atoms. The molecule has 1 aromatic heterocycles. The quantitative estimate of drug-likeness (QED) is 0.203. The van der Waals surface area contributed by atoms with Crippen LogP contribution in [-0.4, -0.2) is 40.4 Å². The summed E-state index contributed by atoms with van der Waals surface area (Å²) < 4.78 is 21.6. The SMILES string of the molecule is CCCCNC(=NCc1cc(OC)c(OC)c(OC)c1)NCCc1ccco1.I. The monoisotopic (exact) mass is 517 g/mol. The zero-order chi connectivity index (χ0) is 20.2. The topological polar surface area (TPSA) is 77.3 Å². The molecule has 0 saturated carbocycles. The number of halogens is 1. The van der Waals surface area contributed by atoms with Crippen LogP contribution in [0.15, 0.2) is 39.9 Å². The summed E-state index contributed by atoms with van der Waals surface area (Å²) in [5.41, 5.74) is 0.970. The molecule has 2 aromatic rings. The summed E-state index contributed by atoms with van der Waals surface area (Å²) in [6, 6.07) is 7.70. The Morgan fingerprint density at radius 1 is 1.03 bits per heavy atom. The van der Waals surface area contributed by atoms with Crippen LogP contribution in [0.2, 0.25) is 0 Å². The highest BCUT2D eigenvalue weighted by Gasteiger charge is 2.13. The summed E-state index contributed by atoms with van der Waals surface area (Å²) in [5.74, 6) is 3.55. The lowest BCUT2D eigenvalue weighted by atomic mass is 10.2. The van der Waals surface area contributed by atoms with Gasteiger partial charge < -0.3 is 29.3 Å². The Morgan fingerprint density at radius 2 is 1.72 bits per heavy atom. The Morgan fingerprint density at radius 3 is 2.28 bits per heavy atom. The van der Waals surface area contributed by atoms with Crippen molar-refractivity contribution in [1.82, 2.24) is 10.6 Å². The molecule has 1 aromatic carbocycles. The van der Waals surface area contributed by atoms with Gasteiger partial charge in [0, 0.05) is 19.5 Å². The fourth-order valence-electron chi connectivity index (χ4n) is 2.71. The molecular weight excluding hydrogens is 485 g/mol. The lowest BCUT2D eigenvalue weighted by Gasteiger charge is -2.14. The third-order valence-corrected chi connectivity index (χ3v) is 4.21. The molecule has 2 N–H and O–H groups in total. The number of aliphatic imine (C=N–C) groups is 1. The molecular formula is C21H32IN3O4. The molecule has 162 valence electrons. The molecule has 0 aliphatic rings. The van der Waals surface area contributed by atoms with Crippen molar-refractivity contribution < 1.29 is 18.6 Å². The van der Waals surface area contributed by atoms with Crippen LogP contribution >= 0.6 is 24.0 Å². The molecule has 0 radical (unpaired) electrons. The van der Waals surface area contributed by atoms with Gasteiger partial charge in [0.15, 0.2) is 17.5 Å². The maximum Gasteiger partial charge on any atom is 0.203 e. The molecule has 0 bridgehead atoms. The number of furan rings is 1. The molecule has 0 saturated heterocycles. The standard InChI is InChI=1S/C21H31N3O4.HI/c1-5-6-10-22-21(23-11-9-17-8-7-12-28-17)24-15-16-13-18(25-2)20(27-4)19(14-16)26-3;/h7-8,12-14H,5-6,9-11,15H2,1-4H3,(H2,22,23,24);1H. The molecule has 0 aliphatic carbocycles. The highest BCUT2D eigenvalue weighted by Crippen LogP contribution is 2.38. The molecule has 7 nitrogen and oxygen atoms in total. The van der Waals surface area contributed by atoms with Gasteiger partial charge in [-0.1, -0.05) is 13.3 Å². The van der Waals surface area contributed by atoms with E-state index >= 15 is 0 Å². The number of rotatable bonds is 11. The van der Waals surface area contributed by atoms with E-state index in [4.69, 9.17) is 23.6 Å². The second kappa shape index (κ2) is 14.0. The first-order valence-corrected chi connectivity index (χ1v) is 9.55. The van der Waals surface area contributed by atoms with Crippen LogP contribution in [0.25, 0.3) is 0 Å². The van der Waals surface area contributed by atoms with E-state index in [1.54, 1.807) is 27.6 Å². The van der Waals surface area contributed by atoms with E-state index in [2.05, 4.69) is 17.6 Å². The zero-order valence-electron chi connectivity index (χ0n) is 17.6. The molecule has 0 spiro atoms. The van der Waals surface area contributed by atoms with Crippen LogP contribution in [0.1, 0.15) is 31.1 Å². The van der Waals surface area contributed by atoms with E-state index in [0.29, 0.717) is 23.8 Å². The van der Waals surface area contributed by atoms with Crippen LogP contribution in [-0.2, 0) is 13.0 Å². The highest BCUT2D eigenvalue weighted by atomic mass is 127. The van der Waals surface area contributed by atoms with Gasteiger partial charge in [0.1, 0.15) is 5.76 Å². The Bertz CT molecular complexity index is 711. The Labute approximate surface area is 190 Å². The van der Waals surface area contributed by atoms with E-state index < -0.39 is 0 Å². The van der Waals surface area contributed by atoms with Crippen molar-refractivity contribution in [2.45, 2.75) is 32.7 Å². The van der Waals surface area contributed by atoms with Gasteiger partial charge in [0.25, 0.3) is 0 Å². The van der Waals surface area contributed by atoms with E-state index in [9.17, 15) is 0 Å². The van der Waals surface area contributed by atoms with Gasteiger partial charge in [0.2, 0.25) is 5.75 Å². The van der Waals surface area contributed by atoms with Gasteiger partial charge in [0.05, 0.1) is 34.1 Å². The number of methoxy groups -OCH3 is 3. The molecule has 0 atom stereocenters. The summed E-state index contributed by atoms with van der Waals surface area (Å²) >= 11 is 0. The van der Waals surface area contributed by atoms with Crippen molar-refractivity contribution in [3.63, 3.8) is 0 Å². The van der Waals surface area contributed by atoms with E-state index in [-0.39, 0.29) is 24.0 Å². The minimum absolute atomic E-state index is 0. The minimum Gasteiger partial charge on any atom is -0.493 e. The average molecular weight is 517 g/mol. The molecule has 0 unspecified atom stereocenters. The fraction of sp³-hybridized carbons (Fsp3) is 0.476. The summed E-state index contributed by atoms with van der Waals surface area (Å²) in [4.78, 5) is 4.70. The molecule has 2 rings (SSSR count). The van der Waals surface area contributed by atoms with Crippen molar-refractivity contribution >= 4 is 29.9 Å². The number of nitrogens with one attached hydrogen (secondary N) is 2. The molecule has 0 aliphatic heterocycles. The number of hydrogen-bond acceptors (Lipinski definition) is 5. The van der Waals surface area contributed by atoms with Gasteiger partial charge in [-0.15, -0.1) is 24.0 Å². The van der Waals surface area contributed by atoms with Gasteiger partial charge in [-0.25, -0.2) is 4.99 Å². The number of unbranched alkanes of at least 4 members (excludes halogenated alkanes) is 1. The van der Waals surface area contributed by atoms with Crippen LogP contribution in [0.5, 0.6) is 17.2 Å². The predicted octanol–water partition coefficient (Wildman–Crippen LogP) is 4.00. The lowest BCUT2D eigenvalue weighted by Crippen LogP contribution is -2.38. The second-order valence-corrected chi connectivity index (χ2v) is 6.23.